The minimum atomic E-state index is -0.354. The van der Waals surface area contributed by atoms with E-state index in [4.69, 9.17) is 4.74 Å². The van der Waals surface area contributed by atoms with Crippen LogP contribution in [0.15, 0.2) is 84.9 Å². The zero-order valence-corrected chi connectivity index (χ0v) is 16.3. The number of hydrogen-bond donors (Lipinski definition) is 1. The lowest BCUT2D eigenvalue weighted by Gasteiger charge is -2.18. The Morgan fingerprint density at radius 2 is 1.39 bits per heavy atom. The molecule has 3 aromatic rings. The van der Waals surface area contributed by atoms with Crippen LogP contribution in [0.1, 0.15) is 43.2 Å². The van der Waals surface area contributed by atoms with E-state index in [1.165, 1.54) is 12.8 Å². The van der Waals surface area contributed by atoms with E-state index in [-0.39, 0.29) is 11.8 Å². The Balaban J connectivity index is 1.70. The molecular formula is C25H27NO2. The number of benzene rings is 3. The Hall–Kier alpha value is -3.07. The van der Waals surface area contributed by atoms with Gasteiger partial charge in [-0.25, -0.2) is 0 Å². The zero-order valence-electron chi connectivity index (χ0n) is 16.3. The number of nitrogens with one attached hydrogen (secondary N) is 1. The van der Waals surface area contributed by atoms with Crippen molar-refractivity contribution in [2.24, 2.45) is 0 Å². The molecule has 28 heavy (non-hydrogen) atoms. The molecule has 0 aromatic heterocycles. The number of anilines is 1. The minimum absolute atomic E-state index is 0.0472. The van der Waals surface area contributed by atoms with Gasteiger partial charge >= 0.3 is 0 Å². The third-order valence-electron chi connectivity index (χ3n) is 4.67. The van der Waals surface area contributed by atoms with Crippen LogP contribution >= 0.6 is 0 Å². The molecule has 0 unspecified atom stereocenters. The van der Waals surface area contributed by atoms with Crippen LogP contribution in [0.5, 0.6) is 5.75 Å². The van der Waals surface area contributed by atoms with Crippen LogP contribution in [0.4, 0.5) is 5.69 Å². The summed E-state index contributed by atoms with van der Waals surface area (Å²) in [6.07, 6.45) is 3.41. The standard InChI is InChI=1S/C25H27NO2/c1-2-3-10-19-28-23-17-15-22(16-18-23)26-25(27)24(20-11-6-4-7-12-20)21-13-8-5-9-14-21/h4-9,11-18,24H,2-3,10,19H2,1H3,(H,26,27). The molecule has 0 fully saturated rings. The molecule has 3 nitrogen and oxygen atoms in total. The van der Waals surface area contributed by atoms with Crippen LogP contribution in [-0.2, 0) is 4.79 Å². The number of hydrogen-bond acceptors (Lipinski definition) is 2. The topological polar surface area (TPSA) is 38.3 Å². The smallest absolute Gasteiger partial charge is 0.236 e. The molecule has 144 valence electrons. The summed E-state index contributed by atoms with van der Waals surface area (Å²) in [5.74, 6) is 0.429. The molecular weight excluding hydrogens is 346 g/mol. The van der Waals surface area contributed by atoms with Gasteiger partial charge in [-0.1, -0.05) is 80.4 Å². The Labute approximate surface area is 167 Å². The maximum atomic E-state index is 13.1. The first-order chi connectivity index (χ1) is 13.8. The fraction of sp³-hybridized carbons (Fsp3) is 0.240. The van der Waals surface area contributed by atoms with E-state index in [9.17, 15) is 4.79 Å². The van der Waals surface area contributed by atoms with Gasteiger partial charge in [0.25, 0.3) is 0 Å². The van der Waals surface area contributed by atoms with Gasteiger partial charge in [-0.05, 0) is 41.8 Å². The molecule has 1 amide bonds. The van der Waals surface area contributed by atoms with Crippen LogP contribution in [0, 0.1) is 0 Å². The largest absolute Gasteiger partial charge is 0.494 e. The summed E-state index contributed by atoms with van der Waals surface area (Å²) in [6, 6.07) is 27.3. The van der Waals surface area contributed by atoms with Crippen molar-refractivity contribution in [1.29, 1.82) is 0 Å². The Bertz CT molecular complexity index is 805. The second-order valence-corrected chi connectivity index (χ2v) is 6.82. The van der Waals surface area contributed by atoms with Crippen LogP contribution in [0.2, 0.25) is 0 Å². The average Bonchev–Trinajstić information content (AvgIpc) is 2.74. The Morgan fingerprint density at radius 1 is 0.821 bits per heavy atom. The van der Waals surface area contributed by atoms with Crippen molar-refractivity contribution in [3.05, 3.63) is 96.1 Å². The molecule has 0 aliphatic heterocycles. The highest BCUT2D eigenvalue weighted by Crippen LogP contribution is 2.26. The zero-order chi connectivity index (χ0) is 19.6. The lowest BCUT2D eigenvalue weighted by Crippen LogP contribution is -2.22. The quantitative estimate of drug-likeness (QED) is 0.465. The summed E-state index contributed by atoms with van der Waals surface area (Å²) in [4.78, 5) is 13.1. The van der Waals surface area contributed by atoms with E-state index < -0.39 is 0 Å². The summed E-state index contributed by atoms with van der Waals surface area (Å²) in [6.45, 7) is 2.90. The summed E-state index contributed by atoms with van der Waals surface area (Å²) >= 11 is 0. The van der Waals surface area contributed by atoms with Crippen LogP contribution in [-0.4, -0.2) is 12.5 Å². The second-order valence-electron chi connectivity index (χ2n) is 6.82. The number of carbonyl (C=O) groups is 1. The molecule has 0 radical (unpaired) electrons. The van der Waals surface area contributed by atoms with E-state index in [0.29, 0.717) is 0 Å². The van der Waals surface area contributed by atoms with Crippen molar-refractivity contribution in [2.45, 2.75) is 32.1 Å². The van der Waals surface area contributed by atoms with Crippen molar-refractivity contribution >= 4 is 11.6 Å². The molecule has 0 aliphatic rings. The number of unbranched alkanes of at least 4 members (excludes halogenated alkanes) is 2. The summed E-state index contributed by atoms with van der Waals surface area (Å²) < 4.78 is 5.74. The number of ether oxygens (including phenoxy) is 1. The first-order valence-corrected chi connectivity index (χ1v) is 9.91. The van der Waals surface area contributed by atoms with Crippen molar-refractivity contribution in [3.8, 4) is 5.75 Å². The predicted octanol–water partition coefficient (Wildman–Crippen LogP) is 6.03. The van der Waals surface area contributed by atoms with Crippen LogP contribution in [0.25, 0.3) is 0 Å². The molecule has 3 heteroatoms. The molecule has 1 N–H and O–H groups in total. The number of amides is 1. The van der Waals surface area contributed by atoms with E-state index in [0.717, 1.165) is 35.6 Å². The average molecular weight is 373 g/mol. The lowest BCUT2D eigenvalue weighted by molar-refractivity contribution is -0.116. The van der Waals surface area contributed by atoms with Gasteiger partial charge in [0.05, 0.1) is 12.5 Å². The highest BCUT2D eigenvalue weighted by atomic mass is 16.5. The normalized spacial score (nSPS) is 10.6. The second kappa shape index (κ2) is 10.3. The number of carbonyl (C=O) groups excluding carboxylic acids is 1. The summed E-state index contributed by atoms with van der Waals surface area (Å²) in [5.41, 5.74) is 2.71. The van der Waals surface area contributed by atoms with E-state index in [1.807, 2.05) is 84.9 Å². The molecule has 0 spiro atoms. The molecule has 0 saturated carbocycles. The molecule has 3 aromatic carbocycles. The third-order valence-corrected chi connectivity index (χ3v) is 4.67. The summed E-state index contributed by atoms with van der Waals surface area (Å²) in [7, 11) is 0. The van der Waals surface area contributed by atoms with E-state index >= 15 is 0 Å². The Kier molecular flexibility index (Phi) is 7.25. The minimum Gasteiger partial charge on any atom is -0.494 e. The molecule has 3 rings (SSSR count). The van der Waals surface area contributed by atoms with E-state index in [1.54, 1.807) is 0 Å². The van der Waals surface area contributed by atoms with Gasteiger partial charge in [0.1, 0.15) is 5.75 Å². The molecule has 0 bridgehead atoms. The highest BCUT2D eigenvalue weighted by molar-refractivity contribution is 5.98. The molecule has 0 atom stereocenters. The first kappa shape index (κ1) is 19.7. The first-order valence-electron chi connectivity index (χ1n) is 9.91. The molecule has 0 aliphatic carbocycles. The van der Waals surface area contributed by atoms with Crippen molar-refractivity contribution in [1.82, 2.24) is 0 Å². The van der Waals surface area contributed by atoms with Crippen molar-refractivity contribution in [2.75, 3.05) is 11.9 Å². The van der Waals surface area contributed by atoms with Gasteiger partial charge in [0, 0.05) is 5.69 Å². The van der Waals surface area contributed by atoms with E-state index in [2.05, 4.69) is 12.2 Å². The monoisotopic (exact) mass is 373 g/mol. The van der Waals surface area contributed by atoms with Gasteiger partial charge in [0.2, 0.25) is 5.91 Å². The maximum Gasteiger partial charge on any atom is 0.236 e. The molecule has 0 heterocycles. The number of rotatable bonds is 9. The van der Waals surface area contributed by atoms with Gasteiger partial charge in [-0.15, -0.1) is 0 Å². The van der Waals surface area contributed by atoms with Gasteiger partial charge in [-0.3, -0.25) is 4.79 Å². The van der Waals surface area contributed by atoms with Gasteiger partial charge in [-0.2, -0.15) is 0 Å². The molecule has 0 saturated heterocycles. The summed E-state index contributed by atoms with van der Waals surface area (Å²) in [5, 5.41) is 3.05. The fourth-order valence-corrected chi connectivity index (χ4v) is 3.18. The van der Waals surface area contributed by atoms with Gasteiger partial charge in [0.15, 0.2) is 0 Å². The van der Waals surface area contributed by atoms with Crippen molar-refractivity contribution < 1.29 is 9.53 Å². The van der Waals surface area contributed by atoms with Crippen LogP contribution in [0.3, 0.4) is 0 Å². The maximum absolute atomic E-state index is 13.1. The fourth-order valence-electron chi connectivity index (χ4n) is 3.18. The Morgan fingerprint density at radius 3 is 1.93 bits per heavy atom. The third kappa shape index (κ3) is 5.46. The van der Waals surface area contributed by atoms with Gasteiger partial charge < -0.3 is 10.1 Å². The highest BCUT2D eigenvalue weighted by Gasteiger charge is 2.22. The predicted molar refractivity (Wildman–Crippen MR) is 115 cm³/mol. The lowest BCUT2D eigenvalue weighted by atomic mass is 9.90. The van der Waals surface area contributed by atoms with Crippen molar-refractivity contribution in [3.63, 3.8) is 0 Å². The van der Waals surface area contributed by atoms with Crippen LogP contribution < -0.4 is 10.1 Å². The SMILES string of the molecule is CCCCCOc1ccc(NC(=O)C(c2ccccc2)c2ccccc2)cc1.